The minimum atomic E-state index is -3.85. The molecule has 0 unspecified atom stereocenters. The van der Waals surface area contributed by atoms with E-state index in [1.165, 1.54) is 30.5 Å². The van der Waals surface area contributed by atoms with Gasteiger partial charge < -0.3 is 9.30 Å². The molecule has 0 saturated carbocycles. The number of pyridine rings is 1. The Hall–Kier alpha value is -3.52. The van der Waals surface area contributed by atoms with E-state index in [0.29, 0.717) is 16.5 Å². The monoisotopic (exact) mass is 466 g/mol. The number of esters is 1. The van der Waals surface area contributed by atoms with E-state index in [-0.39, 0.29) is 29.5 Å². The molecule has 0 fully saturated rings. The molecule has 2 aromatic carbocycles. The van der Waals surface area contributed by atoms with Crippen LogP contribution >= 0.6 is 0 Å². The van der Waals surface area contributed by atoms with Crippen LogP contribution in [0, 0.1) is 12.7 Å². The molecular formula is C25H23FN2O4S. The fourth-order valence-corrected chi connectivity index (χ4v) is 5.41. The molecule has 8 heteroatoms. The maximum atomic E-state index is 14.2. The number of hydrogen-bond acceptors (Lipinski definition) is 5. The Kier molecular flexibility index (Phi) is 6.29. The molecule has 0 aliphatic heterocycles. The molecule has 0 aliphatic carbocycles. The van der Waals surface area contributed by atoms with Gasteiger partial charge in [-0.3, -0.25) is 4.79 Å². The number of benzene rings is 2. The Balaban J connectivity index is 1.84. The summed E-state index contributed by atoms with van der Waals surface area (Å²) < 4.78 is 47.6. The molecule has 0 bridgehead atoms. The second-order valence-corrected chi connectivity index (χ2v) is 9.44. The van der Waals surface area contributed by atoms with Gasteiger partial charge in [-0.1, -0.05) is 24.3 Å². The highest BCUT2D eigenvalue weighted by Gasteiger charge is 2.25. The van der Waals surface area contributed by atoms with Gasteiger partial charge in [0.2, 0.25) is 9.84 Å². The molecule has 0 spiro atoms. The first kappa shape index (κ1) is 22.7. The first-order chi connectivity index (χ1) is 15.8. The van der Waals surface area contributed by atoms with E-state index in [0.717, 1.165) is 11.3 Å². The van der Waals surface area contributed by atoms with Gasteiger partial charge in [0.25, 0.3) is 0 Å². The Morgan fingerprint density at radius 3 is 2.58 bits per heavy atom. The average Bonchev–Trinajstić information content (AvgIpc) is 3.05. The molecule has 0 amide bonds. The highest BCUT2D eigenvalue weighted by Crippen LogP contribution is 2.31. The molecule has 0 atom stereocenters. The number of carbonyl (C=O) groups is 1. The summed E-state index contributed by atoms with van der Waals surface area (Å²) in [4.78, 5) is 16.5. The van der Waals surface area contributed by atoms with Gasteiger partial charge in [0, 0.05) is 29.2 Å². The summed E-state index contributed by atoms with van der Waals surface area (Å²) >= 11 is 0. The molecule has 0 aliphatic rings. The van der Waals surface area contributed by atoms with Gasteiger partial charge in [0.1, 0.15) is 12.4 Å². The smallest absolute Gasteiger partial charge is 0.325 e. The second kappa shape index (κ2) is 9.15. The van der Waals surface area contributed by atoms with Crippen molar-refractivity contribution in [2.75, 3.05) is 6.61 Å². The zero-order valence-electron chi connectivity index (χ0n) is 18.3. The second-order valence-electron chi connectivity index (χ2n) is 7.58. The molecule has 0 N–H and O–H groups in total. The molecule has 4 aromatic rings. The van der Waals surface area contributed by atoms with E-state index in [4.69, 9.17) is 4.74 Å². The zero-order chi connectivity index (χ0) is 23.6. The van der Waals surface area contributed by atoms with Crippen LogP contribution in [0.5, 0.6) is 0 Å². The van der Waals surface area contributed by atoms with E-state index < -0.39 is 21.6 Å². The molecule has 2 aromatic heterocycles. The van der Waals surface area contributed by atoms with Crippen molar-refractivity contribution in [3.63, 3.8) is 0 Å². The Bertz CT molecular complexity index is 1430. The highest BCUT2D eigenvalue weighted by atomic mass is 32.2. The van der Waals surface area contributed by atoms with Crippen molar-refractivity contribution in [3.8, 4) is 0 Å². The number of hydrogen-bond donors (Lipinski definition) is 0. The Morgan fingerprint density at radius 1 is 1.09 bits per heavy atom. The van der Waals surface area contributed by atoms with Crippen molar-refractivity contribution in [1.82, 2.24) is 9.55 Å². The summed E-state index contributed by atoms with van der Waals surface area (Å²) in [5.74, 6) is -0.817. The van der Waals surface area contributed by atoms with Crippen molar-refractivity contribution in [2.24, 2.45) is 0 Å². The van der Waals surface area contributed by atoms with Crippen LogP contribution in [0.4, 0.5) is 4.39 Å². The molecule has 0 radical (unpaired) electrons. The number of rotatable bonds is 7. The van der Waals surface area contributed by atoms with Crippen molar-refractivity contribution < 1.29 is 22.3 Å². The lowest BCUT2D eigenvalue weighted by Crippen LogP contribution is -2.14. The summed E-state index contributed by atoms with van der Waals surface area (Å²) in [5, 5.41) is 0.571. The number of sulfone groups is 1. The van der Waals surface area contributed by atoms with E-state index >= 15 is 0 Å². The largest absolute Gasteiger partial charge is 0.465 e. The van der Waals surface area contributed by atoms with Crippen LogP contribution in [0.15, 0.2) is 76.8 Å². The summed E-state index contributed by atoms with van der Waals surface area (Å²) in [7, 11) is -3.85. The third kappa shape index (κ3) is 4.39. The predicted molar refractivity (Wildman–Crippen MR) is 122 cm³/mol. The fourth-order valence-electron chi connectivity index (χ4n) is 3.99. The third-order valence-electron chi connectivity index (χ3n) is 5.53. The number of nitrogens with zero attached hydrogens (tertiary/aromatic N) is 2. The first-order valence-electron chi connectivity index (χ1n) is 10.5. The highest BCUT2D eigenvalue weighted by molar-refractivity contribution is 7.91. The van der Waals surface area contributed by atoms with E-state index in [9.17, 15) is 17.6 Å². The minimum absolute atomic E-state index is 0.0238. The maximum absolute atomic E-state index is 14.2. The van der Waals surface area contributed by atoms with Gasteiger partial charge in [-0.15, -0.1) is 0 Å². The fraction of sp³-hybridized carbons (Fsp3) is 0.200. The Labute approximate surface area is 191 Å². The minimum Gasteiger partial charge on any atom is -0.465 e. The van der Waals surface area contributed by atoms with Gasteiger partial charge in [-0.2, -0.15) is 0 Å². The Morgan fingerprint density at radius 2 is 1.85 bits per heavy atom. The topological polar surface area (TPSA) is 78.3 Å². The maximum Gasteiger partial charge on any atom is 0.325 e. The van der Waals surface area contributed by atoms with Crippen molar-refractivity contribution >= 4 is 26.7 Å². The lowest BCUT2D eigenvalue weighted by molar-refractivity contribution is -0.143. The van der Waals surface area contributed by atoms with Crippen LogP contribution in [0.25, 0.3) is 10.9 Å². The normalized spacial score (nSPS) is 11.6. The molecule has 0 saturated heterocycles. The summed E-state index contributed by atoms with van der Waals surface area (Å²) in [6.45, 7) is 3.80. The average molecular weight is 467 g/mol. The number of fused-ring (bicyclic) bond motifs is 1. The number of aromatic nitrogens is 2. The van der Waals surface area contributed by atoms with Crippen molar-refractivity contribution in [1.29, 1.82) is 0 Å². The molecule has 6 nitrogen and oxygen atoms in total. The van der Waals surface area contributed by atoms with Gasteiger partial charge >= 0.3 is 5.97 Å². The molecule has 4 rings (SSSR count). The van der Waals surface area contributed by atoms with E-state index in [1.54, 1.807) is 47.9 Å². The van der Waals surface area contributed by atoms with Crippen molar-refractivity contribution in [3.05, 3.63) is 89.5 Å². The van der Waals surface area contributed by atoms with Crippen LogP contribution in [0.3, 0.4) is 0 Å². The van der Waals surface area contributed by atoms with Crippen LogP contribution in [0.1, 0.15) is 23.7 Å². The lowest BCUT2D eigenvalue weighted by Gasteiger charge is -2.11. The number of carbonyl (C=O) groups excluding carboxylic acids is 1. The van der Waals surface area contributed by atoms with E-state index in [2.05, 4.69) is 4.98 Å². The molecular weight excluding hydrogens is 443 g/mol. The lowest BCUT2D eigenvalue weighted by atomic mass is 10.0. The quantitative estimate of drug-likeness (QED) is 0.376. The zero-order valence-corrected chi connectivity index (χ0v) is 19.1. The van der Waals surface area contributed by atoms with E-state index in [1.807, 2.05) is 6.92 Å². The molecule has 33 heavy (non-hydrogen) atoms. The standard InChI is InChI=1S/C25H23FN2O4S/c1-3-32-24(29)16-28-17(2)21(22-15-19(26)11-12-23(22)28)14-18-8-7-13-27-25(18)33(30,31)20-9-5-4-6-10-20/h4-13,15H,3,14,16H2,1-2H3. The SMILES string of the molecule is CCOC(=O)Cn1c(C)c(Cc2cccnc2S(=O)(=O)c2ccccc2)c2cc(F)ccc21. The van der Waals surface area contributed by atoms with Crippen LogP contribution < -0.4 is 0 Å². The number of halogens is 1. The first-order valence-corrected chi connectivity index (χ1v) is 12.0. The van der Waals surface area contributed by atoms with Gasteiger partial charge in [-0.25, -0.2) is 17.8 Å². The number of ether oxygens (including phenoxy) is 1. The van der Waals surface area contributed by atoms with Crippen molar-refractivity contribution in [2.45, 2.75) is 36.7 Å². The molecule has 2 heterocycles. The molecule has 170 valence electrons. The summed E-state index contributed by atoms with van der Waals surface area (Å²) in [6, 6.07) is 15.9. The van der Waals surface area contributed by atoms with Crippen LogP contribution in [-0.4, -0.2) is 30.5 Å². The van der Waals surface area contributed by atoms with Gasteiger partial charge in [-0.05, 0) is 61.4 Å². The predicted octanol–water partition coefficient (Wildman–Crippen LogP) is 4.47. The van der Waals surface area contributed by atoms with Gasteiger partial charge in [0.15, 0.2) is 5.03 Å². The summed E-state index contributed by atoms with van der Waals surface area (Å²) in [6.07, 6.45) is 1.65. The third-order valence-corrected chi connectivity index (χ3v) is 7.30. The van der Waals surface area contributed by atoms with Crippen LogP contribution in [0.2, 0.25) is 0 Å². The summed E-state index contributed by atoms with van der Waals surface area (Å²) in [5.41, 5.74) is 2.62. The van der Waals surface area contributed by atoms with Crippen LogP contribution in [-0.2, 0) is 32.3 Å². The van der Waals surface area contributed by atoms with Gasteiger partial charge in [0.05, 0.1) is 11.5 Å².